The summed E-state index contributed by atoms with van der Waals surface area (Å²) in [5.41, 5.74) is 8.56. The van der Waals surface area contributed by atoms with Crippen LogP contribution in [-0.2, 0) is 0 Å². The standard InChI is InChI=1S/C15H24N2O/c16-9-8-13-12-17(10-4-1-5-11-18)15-7-3-2-6-14(13)15/h2-3,6-7,13,18H,1,4-5,8-12,16H2. The molecule has 1 atom stereocenters. The molecule has 3 N–H and O–H groups in total. The molecule has 1 aromatic carbocycles. The van der Waals surface area contributed by atoms with Crippen LogP contribution in [0.1, 0.15) is 37.2 Å². The maximum Gasteiger partial charge on any atom is 0.0431 e. The number of aliphatic hydroxyl groups is 1. The monoisotopic (exact) mass is 248 g/mol. The van der Waals surface area contributed by atoms with Gasteiger partial charge in [0, 0.05) is 31.3 Å². The largest absolute Gasteiger partial charge is 0.396 e. The van der Waals surface area contributed by atoms with Crippen molar-refractivity contribution >= 4 is 5.69 Å². The fraction of sp³-hybridized carbons (Fsp3) is 0.600. The Balaban J connectivity index is 1.97. The van der Waals surface area contributed by atoms with E-state index in [1.807, 2.05) is 0 Å². The molecule has 0 saturated heterocycles. The molecule has 1 aliphatic rings. The second kappa shape index (κ2) is 6.76. The van der Waals surface area contributed by atoms with E-state index in [1.54, 1.807) is 0 Å². The van der Waals surface area contributed by atoms with Crippen molar-refractivity contribution < 1.29 is 5.11 Å². The van der Waals surface area contributed by atoms with Crippen LogP contribution in [0.15, 0.2) is 24.3 Å². The highest BCUT2D eigenvalue weighted by Crippen LogP contribution is 2.37. The normalized spacial score (nSPS) is 18.1. The highest BCUT2D eigenvalue weighted by atomic mass is 16.2. The van der Waals surface area contributed by atoms with Crippen molar-refractivity contribution in [3.05, 3.63) is 29.8 Å². The van der Waals surface area contributed by atoms with Crippen LogP contribution in [-0.4, -0.2) is 31.3 Å². The first-order valence-corrected chi connectivity index (χ1v) is 7.01. The van der Waals surface area contributed by atoms with Crippen LogP contribution in [0.3, 0.4) is 0 Å². The van der Waals surface area contributed by atoms with Crippen molar-refractivity contribution in [2.45, 2.75) is 31.6 Å². The Morgan fingerprint density at radius 2 is 2.06 bits per heavy atom. The van der Waals surface area contributed by atoms with Crippen LogP contribution in [0, 0.1) is 0 Å². The molecule has 1 aliphatic heterocycles. The van der Waals surface area contributed by atoms with Crippen LogP contribution in [0.5, 0.6) is 0 Å². The van der Waals surface area contributed by atoms with Crippen molar-refractivity contribution in [2.24, 2.45) is 5.73 Å². The van der Waals surface area contributed by atoms with Crippen molar-refractivity contribution in [3.8, 4) is 0 Å². The number of hydrogen-bond donors (Lipinski definition) is 2. The Hall–Kier alpha value is -1.06. The molecule has 3 heteroatoms. The number of anilines is 1. The predicted octanol–water partition coefficient (Wildman–Crippen LogP) is 2.10. The second-order valence-corrected chi connectivity index (χ2v) is 5.06. The van der Waals surface area contributed by atoms with Gasteiger partial charge < -0.3 is 15.7 Å². The van der Waals surface area contributed by atoms with Crippen molar-refractivity contribution in [1.29, 1.82) is 0 Å². The molecule has 1 aromatic rings. The van der Waals surface area contributed by atoms with Gasteiger partial charge in [-0.25, -0.2) is 0 Å². The Bertz CT molecular complexity index is 367. The number of hydrogen-bond acceptors (Lipinski definition) is 3. The highest BCUT2D eigenvalue weighted by molar-refractivity contribution is 5.60. The topological polar surface area (TPSA) is 49.5 Å². The van der Waals surface area contributed by atoms with Crippen molar-refractivity contribution in [1.82, 2.24) is 0 Å². The van der Waals surface area contributed by atoms with Crippen molar-refractivity contribution in [3.63, 3.8) is 0 Å². The summed E-state index contributed by atoms with van der Waals surface area (Å²) in [6.07, 6.45) is 4.26. The number of benzene rings is 1. The van der Waals surface area contributed by atoms with E-state index in [4.69, 9.17) is 10.8 Å². The van der Waals surface area contributed by atoms with Gasteiger partial charge in [-0.2, -0.15) is 0 Å². The Kier molecular flexibility index (Phi) is 5.02. The number of nitrogens with zero attached hydrogens (tertiary/aromatic N) is 1. The molecule has 0 saturated carbocycles. The number of para-hydroxylation sites is 1. The van der Waals surface area contributed by atoms with E-state index in [9.17, 15) is 0 Å². The summed E-state index contributed by atoms with van der Waals surface area (Å²) in [7, 11) is 0. The van der Waals surface area contributed by atoms with Gasteiger partial charge in [0.15, 0.2) is 0 Å². The lowest BCUT2D eigenvalue weighted by atomic mass is 9.98. The van der Waals surface area contributed by atoms with Gasteiger partial charge in [-0.1, -0.05) is 18.2 Å². The zero-order valence-electron chi connectivity index (χ0n) is 11.0. The Morgan fingerprint density at radius 3 is 2.83 bits per heavy atom. The minimum absolute atomic E-state index is 0.312. The molecule has 0 aromatic heterocycles. The molecule has 0 radical (unpaired) electrons. The number of nitrogens with two attached hydrogens (primary N) is 1. The van der Waals surface area contributed by atoms with Crippen LogP contribution >= 0.6 is 0 Å². The van der Waals surface area contributed by atoms with E-state index in [-0.39, 0.29) is 0 Å². The van der Waals surface area contributed by atoms with Gasteiger partial charge in [0.05, 0.1) is 0 Å². The van der Waals surface area contributed by atoms with E-state index in [0.29, 0.717) is 12.5 Å². The van der Waals surface area contributed by atoms with Crippen LogP contribution < -0.4 is 10.6 Å². The van der Waals surface area contributed by atoms with Gasteiger partial charge >= 0.3 is 0 Å². The molecule has 0 amide bonds. The smallest absolute Gasteiger partial charge is 0.0431 e. The van der Waals surface area contributed by atoms with Crippen LogP contribution in [0.25, 0.3) is 0 Å². The molecule has 100 valence electrons. The average molecular weight is 248 g/mol. The summed E-state index contributed by atoms with van der Waals surface area (Å²) < 4.78 is 0. The molecule has 0 fully saturated rings. The molecule has 0 bridgehead atoms. The highest BCUT2D eigenvalue weighted by Gasteiger charge is 2.26. The summed E-state index contributed by atoms with van der Waals surface area (Å²) in [6.45, 7) is 3.28. The van der Waals surface area contributed by atoms with Gasteiger partial charge in [0.2, 0.25) is 0 Å². The number of unbranched alkanes of at least 4 members (excludes halogenated alkanes) is 2. The van der Waals surface area contributed by atoms with E-state index in [2.05, 4.69) is 29.2 Å². The summed E-state index contributed by atoms with van der Waals surface area (Å²) in [4.78, 5) is 2.48. The first-order chi connectivity index (χ1) is 8.86. The van der Waals surface area contributed by atoms with Crippen molar-refractivity contribution in [2.75, 3.05) is 31.1 Å². The zero-order valence-corrected chi connectivity index (χ0v) is 11.0. The third-order valence-corrected chi connectivity index (χ3v) is 3.76. The van der Waals surface area contributed by atoms with Gasteiger partial charge in [-0.15, -0.1) is 0 Å². The van der Waals surface area contributed by atoms with E-state index in [1.165, 1.54) is 11.3 Å². The quantitative estimate of drug-likeness (QED) is 0.727. The predicted molar refractivity (Wildman–Crippen MR) is 76.0 cm³/mol. The van der Waals surface area contributed by atoms with Gasteiger partial charge in [0.1, 0.15) is 0 Å². The first-order valence-electron chi connectivity index (χ1n) is 7.01. The summed E-state index contributed by atoms with van der Waals surface area (Å²) >= 11 is 0. The Labute approximate surface area is 110 Å². The first kappa shape index (κ1) is 13.4. The van der Waals surface area contributed by atoms with Gasteiger partial charge in [-0.3, -0.25) is 0 Å². The zero-order chi connectivity index (χ0) is 12.8. The minimum atomic E-state index is 0.312. The molecule has 3 nitrogen and oxygen atoms in total. The molecule has 0 aliphatic carbocycles. The molecule has 1 unspecified atom stereocenters. The van der Waals surface area contributed by atoms with Gasteiger partial charge in [-0.05, 0) is 43.9 Å². The Morgan fingerprint density at radius 1 is 1.22 bits per heavy atom. The lowest BCUT2D eigenvalue weighted by Gasteiger charge is -2.19. The summed E-state index contributed by atoms with van der Waals surface area (Å²) in [5, 5.41) is 8.80. The molecular formula is C15H24N2O. The fourth-order valence-electron chi connectivity index (χ4n) is 2.83. The maximum atomic E-state index is 8.80. The third-order valence-electron chi connectivity index (χ3n) is 3.76. The number of fused-ring (bicyclic) bond motifs is 1. The van der Waals surface area contributed by atoms with Crippen LogP contribution in [0.2, 0.25) is 0 Å². The van der Waals surface area contributed by atoms with E-state index in [0.717, 1.165) is 45.3 Å². The lowest BCUT2D eigenvalue weighted by Crippen LogP contribution is -2.23. The molecule has 0 spiro atoms. The summed E-state index contributed by atoms with van der Waals surface area (Å²) in [5.74, 6) is 0.601. The molecule has 2 rings (SSSR count). The fourth-order valence-corrected chi connectivity index (χ4v) is 2.83. The SMILES string of the molecule is NCCC1CN(CCCCCO)c2ccccc21. The molecule has 18 heavy (non-hydrogen) atoms. The minimum Gasteiger partial charge on any atom is -0.396 e. The number of aliphatic hydroxyl groups excluding tert-OH is 1. The maximum absolute atomic E-state index is 8.80. The average Bonchev–Trinajstić information content (AvgIpc) is 2.74. The molecular weight excluding hydrogens is 224 g/mol. The van der Waals surface area contributed by atoms with Gasteiger partial charge in [0.25, 0.3) is 0 Å². The lowest BCUT2D eigenvalue weighted by molar-refractivity contribution is 0.283. The van der Waals surface area contributed by atoms with E-state index < -0.39 is 0 Å². The second-order valence-electron chi connectivity index (χ2n) is 5.06. The third kappa shape index (κ3) is 3.03. The summed E-state index contributed by atoms with van der Waals surface area (Å²) in [6, 6.07) is 8.70. The molecule has 1 heterocycles. The number of rotatable bonds is 7. The van der Waals surface area contributed by atoms with Crippen LogP contribution in [0.4, 0.5) is 5.69 Å². The van der Waals surface area contributed by atoms with E-state index >= 15 is 0 Å².